The first kappa shape index (κ1) is 16.0. The first-order valence-electron chi connectivity index (χ1n) is 9.40. The SMILES string of the molecule is CC(C)NC(=NCCc1ccco1)NC1C2CCOC2C12CCC2. The van der Waals surface area contributed by atoms with Crippen LogP contribution >= 0.6 is 0 Å². The van der Waals surface area contributed by atoms with Gasteiger partial charge in [0.2, 0.25) is 0 Å². The van der Waals surface area contributed by atoms with Gasteiger partial charge in [-0.25, -0.2) is 0 Å². The van der Waals surface area contributed by atoms with Gasteiger partial charge in [0.05, 0.1) is 12.4 Å². The third kappa shape index (κ3) is 2.73. The molecule has 2 heterocycles. The number of fused-ring (bicyclic) bond motifs is 2. The van der Waals surface area contributed by atoms with Crippen LogP contribution in [0.4, 0.5) is 0 Å². The van der Waals surface area contributed by atoms with Crippen molar-refractivity contribution in [3.63, 3.8) is 0 Å². The molecule has 2 saturated carbocycles. The first-order valence-corrected chi connectivity index (χ1v) is 9.40. The topological polar surface area (TPSA) is 58.8 Å². The highest BCUT2D eigenvalue weighted by molar-refractivity contribution is 5.80. The van der Waals surface area contributed by atoms with Gasteiger partial charge in [0, 0.05) is 43.0 Å². The molecule has 5 heteroatoms. The molecule has 1 aliphatic heterocycles. The van der Waals surface area contributed by atoms with Gasteiger partial charge < -0.3 is 19.8 Å². The average molecular weight is 331 g/mol. The molecule has 132 valence electrons. The normalized spacial score (nSPS) is 30.8. The van der Waals surface area contributed by atoms with Crippen molar-refractivity contribution in [2.45, 2.75) is 64.1 Å². The minimum Gasteiger partial charge on any atom is -0.469 e. The van der Waals surface area contributed by atoms with Crippen molar-refractivity contribution in [3.8, 4) is 0 Å². The number of ether oxygens (including phenoxy) is 1. The number of nitrogens with one attached hydrogen (secondary N) is 2. The van der Waals surface area contributed by atoms with Gasteiger partial charge in [0.15, 0.2) is 5.96 Å². The Bertz CT molecular complexity index is 577. The molecule has 24 heavy (non-hydrogen) atoms. The third-order valence-corrected chi connectivity index (χ3v) is 5.96. The number of hydrogen-bond donors (Lipinski definition) is 2. The first-order chi connectivity index (χ1) is 11.7. The maximum atomic E-state index is 6.02. The molecule has 1 aromatic rings. The Labute approximate surface area is 144 Å². The van der Waals surface area contributed by atoms with Crippen molar-refractivity contribution in [1.29, 1.82) is 0 Å². The van der Waals surface area contributed by atoms with Crippen LogP contribution in [0.1, 0.15) is 45.3 Å². The van der Waals surface area contributed by atoms with Crippen LogP contribution in [0.3, 0.4) is 0 Å². The standard InChI is InChI=1S/C19H29N3O2/c1-13(2)21-18(20-10-6-14-5-3-11-23-14)22-16-15-7-12-24-17(15)19(16)8-4-9-19/h3,5,11,13,15-17H,4,6-10,12H2,1-2H3,(H2,20,21,22). The molecule has 3 aliphatic rings. The lowest BCUT2D eigenvalue weighted by atomic mass is 9.46. The molecule has 1 saturated heterocycles. The molecular weight excluding hydrogens is 302 g/mol. The summed E-state index contributed by atoms with van der Waals surface area (Å²) >= 11 is 0. The van der Waals surface area contributed by atoms with Gasteiger partial charge >= 0.3 is 0 Å². The van der Waals surface area contributed by atoms with Crippen molar-refractivity contribution < 1.29 is 9.15 Å². The third-order valence-electron chi connectivity index (χ3n) is 5.96. The van der Waals surface area contributed by atoms with Gasteiger partial charge in [-0.05, 0) is 45.2 Å². The molecule has 3 unspecified atom stereocenters. The van der Waals surface area contributed by atoms with Crippen molar-refractivity contribution in [3.05, 3.63) is 24.2 Å². The van der Waals surface area contributed by atoms with Gasteiger partial charge in [-0.15, -0.1) is 0 Å². The van der Waals surface area contributed by atoms with Crippen LogP contribution in [0.5, 0.6) is 0 Å². The smallest absolute Gasteiger partial charge is 0.191 e. The molecule has 2 aliphatic carbocycles. The number of nitrogens with zero attached hydrogens (tertiary/aromatic N) is 1. The maximum absolute atomic E-state index is 6.02. The molecular formula is C19H29N3O2. The summed E-state index contributed by atoms with van der Waals surface area (Å²) in [4.78, 5) is 4.79. The van der Waals surface area contributed by atoms with Crippen LogP contribution in [0.15, 0.2) is 27.8 Å². The number of rotatable bonds is 5. The van der Waals surface area contributed by atoms with Crippen LogP contribution in [0.25, 0.3) is 0 Å². The van der Waals surface area contributed by atoms with Gasteiger partial charge in [0.1, 0.15) is 5.76 Å². The predicted octanol–water partition coefficient (Wildman–Crippen LogP) is 2.72. The van der Waals surface area contributed by atoms with Gasteiger partial charge in [-0.3, -0.25) is 4.99 Å². The van der Waals surface area contributed by atoms with E-state index in [1.807, 2.05) is 12.1 Å². The summed E-state index contributed by atoms with van der Waals surface area (Å²) in [5.41, 5.74) is 0.377. The zero-order chi connectivity index (χ0) is 16.6. The molecule has 1 spiro atoms. The average Bonchev–Trinajstić information content (AvgIpc) is 3.13. The Hall–Kier alpha value is -1.49. The van der Waals surface area contributed by atoms with Gasteiger partial charge in [-0.2, -0.15) is 0 Å². The number of aliphatic imine (C=N–C) groups is 1. The second-order valence-electron chi connectivity index (χ2n) is 7.81. The summed E-state index contributed by atoms with van der Waals surface area (Å²) in [7, 11) is 0. The predicted molar refractivity (Wildman–Crippen MR) is 94.0 cm³/mol. The summed E-state index contributed by atoms with van der Waals surface area (Å²) in [5, 5.41) is 7.25. The van der Waals surface area contributed by atoms with Crippen LogP contribution in [0.2, 0.25) is 0 Å². The maximum Gasteiger partial charge on any atom is 0.191 e. The van der Waals surface area contributed by atoms with E-state index in [9.17, 15) is 0 Å². The summed E-state index contributed by atoms with van der Waals surface area (Å²) in [6, 6.07) is 4.83. The molecule has 3 atom stereocenters. The fourth-order valence-corrected chi connectivity index (χ4v) is 4.74. The van der Waals surface area contributed by atoms with Crippen molar-refractivity contribution in [2.24, 2.45) is 16.3 Å². The fraction of sp³-hybridized carbons (Fsp3) is 0.737. The van der Waals surface area contributed by atoms with E-state index in [0.29, 0.717) is 29.5 Å². The lowest BCUT2D eigenvalue weighted by Gasteiger charge is -2.63. The minimum atomic E-state index is 0.368. The molecule has 2 N–H and O–H groups in total. The highest BCUT2D eigenvalue weighted by atomic mass is 16.5. The number of hydrogen-bond acceptors (Lipinski definition) is 3. The Balaban J connectivity index is 1.41. The van der Waals surface area contributed by atoms with Crippen LogP contribution < -0.4 is 10.6 Å². The highest BCUT2D eigenvalue weighted by Gasteiger charge is 2.66. The number of furan rings is 1. The second kappa shape index (κ2) is 6.43. The lowest BCUT2D eigenvalue weighted by Crippen LogP contribution is -2.72. The fourth-order valence-electron chi connectivity index (χ4n) is 4.74. The van der Waals surface area contributed by atoms with Crippen LogP contribution in [-0.4, -0.2) is 37.3 Å². The van der Waals surface area contributed by atoms with E-state index in [1.165, 1.54) is 25.7 Å². The zero-order valence-corrected chi connectivity index (χ0v) is 14.8. The summed E-state index contributed by atoms with van der Waals surface area (Å²) in [6.45, 7) is 5.98. The molecule has 1 aromatic heterocycles. The quantitative estimate of drug-likeness (QED) is 0.643. The van der Waals surface area contributed by atoms with E-state index >= 15 is 0 Å². The van der Waals surface area contributed by atoms with Crippen molar-refractivity contribution >= 4 is 5.96 Å². The molecule has 4 rings (SSSR count). The second-order valence-corrected chi connectivity index (χ2v) is 7.81. The molecule has 0 amide bonds. The molecule has 0 aromatic carbocycles. The molecule has 0 radical (unpaired) electrons. The van der Waals surface area contributed by atoms with E-state index in [-0.39, 0.29) is 0 Å². The van der Waals surface area contributed by atoms with Gasteiger partial charge in [0.25, 0.3) is 0 Å². The van der Waals surface area contributed by atoms with E-state index in [1.54, 1.807) is 6.26 Å². The Kier molecular flexibility index (Phi) is 4.29. The van der Waals surface area contributed by atoms with Gasteiger partial charge in [-0.1, -0.05) is 6.42 Å². The lowest BCUT2D eigenvalue weighted by molar-refractivity contribution is -0.171. The summed E-state index contributed by atoms with van der Waals surface area (Å²) in [6.07, 6.45) is 8.17. The highest BCUT2D eigenvalue weighted by Crippen LogP contribution is 2.62. The molecule has 3 fully saturated rings. The number of guanidine groups is 1. The van der Waals surface area contributed by atoms with E-state index in [0.717, 1.165) is 31.3 Å². The monoisotopic (exact) mass is 331 g/mol. The minimum absolute atomic E-state index is 0.368. The summed E-state index contributed by atoms with van der Waals surface area (Å²) in [5.74, 6) is 2.60. The van der Waals surface area contributed by atoms with Crippen LogP contribution in [-0.2, 0) is 11.2 Å². The Morgan fingerprint density at radius 1 is 1.42 bits per heavy atom. The van der Waals surface area contributed by atoms with E-state index in [4.69, 9.17) is 14.1 Å². The van der Waals surface area contributed by atoms with Crippen molar-refractivity contribution in [2.75, 3.05) is 13.2 Å². The van der Waals surface area contributed by atoms with Crippen molar-refractivity contribution in [1.82, 2.24) is 10.6 Å². The molecule has 0 bridgehead atoms. The Morgan fingerprint density at radius 3 is 2.96 bits per heavy atom. The van der Waals surface area contributed by atoms with Crippen LogP contribution in [0, 0.1) is 11.3 Å². The summed E-state index contributed by atoms with van der Waals surface area (Å²) < 4.78 is 11.4. The van der Waals surface area contributed by atoms with E-state index < -0.39 is 0 Å². The zero-order valence-electron chi connectivity index (χ0n) is 14.8. The largest absolute Gasteiger partial charge is 0.469 e. The Morgan fingerprint density at radius 2 is 2.29 bits per heavy atom. The molecule has 5 nitrogen and oxygen atoms in total. The van der Waals surface area contributed by atoms with E-state index in [2.05, 4.69) is 24.5 Å².